The Morgan fingerprint density at radius 2 is 2.00 bits per heavy atom. The van der Waals surface area contributed by atoms with Crippen molar-refractivity contribution in [2.45, 2.75) is 64.6 Å². The van der Waals surface area contributed by atoms with Crippen LogP contribution in [0.1, 0.15) is 45.4 Å². The lowest BCUT2D eigenvalue weighted by atomic mass is 9.92. The summed E-state index contributed by atoms with van der Waals surface area (Å²) in [6.45, 7) is 6.25. The largest absolute Gasteiger partial charge is 0.360 e. The van der Waals surface area contributed by atoms with Gasteiger partial charge >= 0.3 is 5.69 Å². The first-order valence-corrected chi connectivity index (χ1v) is 10.3. The van der Waals surface area contributed by atoms with E-state index in [0.29, 0.717) is 30.0 Å². The normalized spacial score (nSPS) is 23.8. The van der Waals surface area contributed by atoms with Crippen molar-refractivity contribution < 1.29 is 4.79 Å². The van der Waals surface area contributed by atoms with E-state index in [2.05, 4.69) is 22.7 Å². The van der Waals surface area contributed by atoms with Gasteiger partial charge in [-0.25, -0.2) is 9.48 Å². The number of hydrogen-bond acceptors (Lipinski definition) is 4. The van der Waals surface area contributed by atoms with E-state index >= 15 is 0 Å². The summed E-state index contributed by atoms with van der Waals surface area (Å²) in [5, 5.41) is 11.4. The number of thiocarbonyl (C=S) groups is 1. The number of aryl methyl sites for hydroxylation is 1. The van der Waals surface area contributed by atoms with Crippen molar-refractivity contribution in [2.75, 3.05) is 13.1 Å². The molecule has 27 heavy (non-hydrogen) atoms. The molecule has 3 rings (SSSR count). The quantitative estimate of drug-likeness (QED) is 0.704. The van der Waals surface area contributed by atoms with Gasteiger partial charge in [0.2, 0.25) is 5.91 Å². The highest BCUT2D eigenvalue weighted by Crippen LogP contribution is 2.22. The number of hydrogen-bond donors (Lipinski definition) is 2. The molecule has 8 nitrogen and oxygen atoms in total. The Morgan fingerprint density at radius 3 is 2.63 bits per heavy atom. The Kier molecular flexibility index (Phi) is 6.18. The molecule has 0 unspecified atom stereocenters. The number of likely N-dealkylation sites (tertiary alicyclic amines) is 1. The maximum atomic E-state index is 12.7. The van der Waals surface area contributed by atoms with Crippen LogP contribution in [0.25, 0.3) is 0 Å². The number of piperidine rings is 1. The summed E-state index contributed by atoms with van der Waals surface area (Å²) in [6, 6.07) is 0.420. The second-order valence-corrected chi connectivity index (χ2v) is 8.16. The molecule has 0 aliphatic carbocycles. The molecular weight excluding hydrogens is 364 g/mol. The van der Waals surface area contributed by atoms with Crippen LogP contribution in [-0.2, 0) is 24.8 Å². The average molecular weight is 395 g/mol. The molecule has 2 aliphatic rings. The minimum atomic E-state index is -0.0540. The van der Waals surface area contributed by atoms with Gasteiger partial charge in [0.15, 0.2) is 5.11 Å². The SMILES string of the molecule is CCn1c(CC2CCN(C(=O)C[C@@H]3C[C@@H](C)NC(=S)N3)CC2)nn(C)c1=O. The zero-order valence-electron chi connectivity index (χ0n) is 16.4. The van der Waals surface area contributed by atoms with E-state index in [1.807, 2.05) is 11.8 Å². The molecule has 150 valence electrons. The molecule has 2 N–H and O–H groups in total. The zero-order chi connectivity index (χ0) is 19.6. The smallest absolute Gasteiger partial charge is 0.345 e. The Balaban J connectivity index is 1.50. The van der Waals surface area contributed by atoms with Gasteiger partial charge in [0.05, 0.1) is 0 Å². The van der Waals surface area contributed by atoms with Crippen LogP contribution in [0.3, 0.4) is 0 Å². The van der Waals surface area contributed by atoms with E-state index < -0.39 is 0 Å². The van der Waals surface area contributed by atoms with Crippen LogP contribution < -0.4 is 16.3 Å². The molecule has 1 amide bonds. The number of amides is 1. The summed E-state index contributed by atoms with van der Waals surface area (Å²) in [4.78, 5) is 26.7. The van der Waals surface area contributed by atoms with E-state index in [0.717, 1.165) is 44.6 Å². The van der Waals surface area contributed by atoms with Gasteiger partial charge in [-0.05, 0) is 51.2 Å². The van der Waals surface area contributed by atoms with Crippen molar-refractivity contribution in [3.8, 4) is 0 Å². The first-order valence-electron chi connectivity index (χ1n) is 9.84. The Morgan fingerprint density at radius 1 is 1.30 bits per heavy atom. The van der Waals surface area contributed by atoms with Gasteiger partial charge < -0.3 is 15.5 Å². The van der Waals surface area contributed by atoms with Crippen LogP contribution >= 0.6 is 12.2 Å². The Labute approximate surface area is 165 Å². The van der Waals surface area contributed by atoms with E-state index in [1.165, 1.54) is 4.68 Å². The van der Waals surface area contributed by atoms with Crippen LogP contribution in [0.15, 0.2) is 4.79 Å². The first-order chi connectivity index (χ1) is 12.9. The molecule has 2 saturated heterocycles. The highest BCUT2D eigenvalue weighted by Gasteiger charge is 2.28. The fraction of sp³-hybridized carbons (Fsp3) is 0.778. The summed E-state index contributed by atoms with van der Waals surface area (Å²) >= 11 is 5.20. The molecule has 0 spiro atoms. The third-order valence-electron chi connectivity index (χ3n) is 5.61. The first kappa shape index (κ1) is 19.9. The maximum absolute atomic E-state index is 12.7. The van der Waals surface area contributed by atoms with Crippen molar-refractivity contribution in [1.29, 1.82) is 0 Å². The van der Waals surface area contributed by atoms with Crippen molar-refractivity contribution in [3.05, 3.63) is 16.3 Å². The summed E-state index contributed by atoms with van der Waals surface area (Å²) in [7, 11) is 1.70. The van der Waals surface area contributed by atoms with Crippen molar-refractivity contribution in [1.82, 2.24) is 29.9 Å². The van der Waals surface area contributed by atoms with Crippen molar-refractivity contribution >= 4 is 23.2 Å². The molecule has 2 aliphatic heterocycles. The minimum absolute atomic E-state index is 0.0540. The molecule has 3 heterocycles. The second-order valence-electron chi connectivity index (χ2n) is 7.75. The highest BCUT2D eigenvalue weighted by molar-refractivity contribution is 7.80. The molecule has 0 aromatic carbocycles. The predicted octanol–water partition coefficient (Wildman–Crippen LogP) is 0.398. The number of carbonyl (C=O) groups is 1. The topological polar surface area (TPSA) is 84.2 Å². The van der Waals surface area contributed by atoms with Crippen LogP contribution in [0.5, 0.6) is 0 Å². The van der Waals surface area contributed by atoms with Gasteiger partial charge in [-0.1, -0.05) is 0 Å². The van der Waals surface area contributed by atoms with Gasteiger partial charge in [0, 0.05) is 51.6 Å². The molecule has 9 heteroatoms. The average Bonchev–Trinajstić information content (AvgIpc) is 2.87. The lowest BCUT2D eigenvalue weighted by Gasteiger charge is -2.35. The lowest BCUT2D eigenvalue weighted by molar-refractivity contribution is -0.133. The maximum Gasteiger partial charge on any atom is 0.345 e. The van der Waals surface area contributed by atoms with Gasteiger partial charge in [-0.3, -0.25) is 9.36 Å². The van der Waals surface area contributed by atoms with Gasteiger partial charge in [-0.15, -0.1) is 0 Å². The molecular formula is C18H30N6O2S. The summed E-state index contributed by atoms with van der Waals surface area (Å²) < 4.78 is 3.15. The van der Waals surface area contributed by atoms with Gasteiger partial charge in [-0.2, -0.15) is 5.10 Å². The molecule has 2 fully saturated rings. The number of nitrogens with zero attached hydrogens (tertiary/aromatic N) is 4. The van der Waals surface area contributed by atoms with Crippen molar-refractivity contribution in [3.63, 3.8) is 0 Å². The van der Waals surface area contributed by atoms with E-state index in [4.69, 9.17) is 12.2 Å². The van der Waals surface area contributed by atoms with Crippen molar-refractivity contribution in [2.24, 2.45) is 13.0 Å². The second kappa shape index (κ2) is 8.41. The van der Waals surface area contributed by atoms with Crippen LogP contribution in [0.4, 0.5) is 0 Å². The number of carbonyl (C=O) groups excluding carboxylic acids is 1. The van der Waals surface area contributed by atoms with Gasteiger partial charge in [0.1, 0.15) is 5.82 Å². The Bertz CT molecular complexity index is 750. The molecule has 0 radical (unpaired) electrons. The number of aromatic nitrogens is 3. The Hall–Kier alpha value is -1.90. The van der Waals surface area contributed by atoms with Crippen LogP contribution in [0, 0.1) is 5.92 Å². The predicted molar refractivity (Wildman–Crippen MR) is 108 cm³/mol. The van der Waals surface area contributed by atoms with E-state index in [-0.39, 0.29) is 17.6 Å². The fourth-order valence-electron chi connectivity index (χ4n) is 4.14. The molecule has 0 saturated carbocycles. The molecule has 0 bridgehead atoms. The third kappa shape index (κ3) is 4.69. The van der Waals surface area contributed by atoms with E-state index in [1.54, 1.807) is 11.6 Å². The fourth-order valence-corrected chi connectivity index (χ4v) is 4.51. The monoisotopic (exact) mass is 394 g/mol. The van der Waals surface area contributed by atoms with E-state index in [9.17, 15) is 9.59 Å². The summed E-state index contributed by atoms with van der Waals surface area (Å²) in [5.41, 5.74) is -0.0540. The van der Waals surface area contributed by atoms with Gasteiger partial charge in [0.25, 0.3) is 0 Å². The summed E-state index contributed by atoms with van der Waals surface area (Å²) in [6.07, 6.45) is 4.10. The molecule has 1 aromatic heterocycles. The van der Waals surface area contributed by atoms with Crippen LogP contribution in [0.2, 0.25) is 0 Å². The molecule has 2 atom stereocenters. The van der Waals surface area contributed by atoms with Crippen LogP contribution in [-0.4, -0.2) is 55.4 Å². The number of nitrogens with one attached hydrogen (secondary N) is 2. The standard InChI is InChI=1S/C18H30N6O2S/c1-4-24-15(21-22(3)18(24)26)10-13-5-7-23(8-6-13)16(25)11-14-9-12(2)19-17(27)20-14/h12-14H,4-11H2,1-3H3,(H2,19,20,27)/t12-,14+/m1/s1. The molecule has 1 aromatic rings. The minimum Gasteiger partial charge on any atom is -0.360 e. The number of rotatable bonds is 5. The highest BCUT2D eigenvalue weighted by atomic mass is 32.1. The zero-order valence-corrected chi connectivity index (χ0v) is 17.2. The summed E-state index contributed by atoms with van der Waals surface area (Å²) in [5.74, 6) is 1.52. The third-order valence-corrected chi connectivity index (χ3v) is 5.85. The lowest BCUT2D eigenvalue weighted by Crippen LogP contribution is -2.54.